The molecule has 0 bridgehead atoms. The van der Waals surface area contributed by atoms with E-state index in [0.29, 0.717) is 12.2 Å². The molecule has 0 aromatic heterocycles. The van der Waals surface area contributed by atoms with Crippen LogP contribution >= 0.6 is 0 Å². The summed E-state index contributed by atoms with van der Waals surface area (Å²) in [6.45, 7) is 8.72. The van der Waals surface area contributed by atoms with Crippen molar-refractivity contribution < 1.29 is 13.5 Å². The standard InChI is InChI=1S/C16H25F2NO/c1-6-12(10-20-5)19-15(16(2,3)4)13-8-7-11(17)9-14(13)18/h7-9,12,15,19H,6,10H2,1-5H3/t12-,15+/m1/s1. The number of rotatable bonds is 6. The normalized spacial score (nSPS) is 15.2. The highest BCUT2D eigenvalue weighted by Gasteiger charge is 2.30. The van der Waals surface area contributed by atoms with E-state index in [1.807, 2.05) is 20.8 Å². The lowest BCUT2D eigenvalue weighted by atomic mass is 9.81. The second-order valence-corrected chi connectivity index (χ2v) is 6.19. The van der Waals surface area contributed by atoms with Gasteiger partial charge in [-0.1, -0.05) is 33.8 Å². The molecule has 1 aromatic rings. The van der Waals surface area contributed by atoms with Gasteiger partial charge in [-0.05, 0) is 17.9 Å². The smallest absolute Gasteiger partial charge is 0.130 e. The number of halogens is 2. The van der Waals surface area contributed by atoms with Crippen LogP contribution in [0.5, 0.6) is 0 Å². The minimum absolute atomic E-state index is 0.133. The highest BCUT2D eigenvalue weighted by atomic mass is 19.1. The average Bonchev–Trinajstić information content (AvgIpc) is 2.34. The molecule has 0 aliphatic heterocycles. The fourth-order valence-corrected chi connectivity index (χ4v) is 2.26. The van der Waals surface area contributed by atoms with Crippen LogP contribution in [0.1, 0.15) is 45.7 Å². The first kappa shape index (κ1) is 17.1. The predicted molar refractivity (Wildman–Crippen MR) is 77.6 cm³/mol. The summed E-state index contributed by atoms with van der Waals surface area (Å²) in [6.07, 6.45) is 0.878. The van der Waals surface area contributed by atoms with Crippen LogP contribution in [0, 0.1) is 17.0 Å². The summed E-state index contributed by atoms with van der Waals surface area (Å²) in [5.74, 6) is -1.06. The largest absolute Gasteiger partial charge is 0.383 e. The second-order valence-electron chi connectivity index (χ2n) is 6.19. The maximum Gasteiger partial charge on any atom is 0.130 e. The van der Waals surface area contributed by atoms with Crippen LogP contribution in [0.15, 0.2) is 18.2 Å². The molecule has 20 heavy (non-hydrogen) atoms. The summed E-state index contributed by atoms with van der Waals surface area (Å²) >= 11 is 0. The fourth-order valence-electron chi connectivity index (χ4n) is 2.26. The van der Waals surface area contributed by atoms with E-state index in [2.05, 4.69) is 12.2 Å². The third-order valence-corrected chi connectivity index (χ3v) is 3.40. The van der Waals surface area contributed by atoms with Crippen molar-refractivity contribution in [3.63, 3.8) is 0 Å². The zero-order chi connectivity index (χ0) is 15.3. The number of hydrogen-bond donors (Lipinski definition) is 1. The van der Waals surface area contributed by atoms with Crippen molar-refractivity contribution in [1.29, 1.82) is 0 Å². The molecule has 0 spiro atoms. The molecule has 1 N–H and O–H groups in total. The molecule has 0 heterocycles. The van der Waals surface area contributed by atoms with Crippen LogP contribution in [0.25, 0.3) is 0 Å². The molecular formula is C16H25F2NO. The Hall–Kier alpha value is -1.00. The van der Waals surface area contributed by atoms with Crippen LogP contribution < -0.4 is 5.32 Å². The lowest BCUT2D eigenvalue weighted by Gasteiger charge is -2.35. The maximum absolute atomic E-state index is 14.1. The van der Waals surface area contributed by atoms with Crippen molar-refractivity contribution in [2.24, 2.45) is 5.41 Å². The highest BCUT2D eigenvalue weighted by molar-refractivity contribution is 5.24. The Kier molecular flexibility index (Phi) is 6.08. The van der Waals surface area contributed by atoms with E-state index in [4.69, 9.17) is 4.74 Å². The van der Waals surface area contributed by atoms with Gasteiger partial charge in [0.1, 0.15) is 11.6 Å². The van der Waals surface area contributed by atoms with Crippen LogP contribution in [0.2, 0.25) is 0 Å². The van der Waals surface area contributed by atoms with Crippen LogP contribution in [0.3, 0.4) is 0 Å². The zero-order valence-electron chi connectivity index (χ0n) is 13.0. The first-order chi connectivity index (χ1) is 9.29. The minimum atomic E-state index is -0.553. The van der Waals surface area contributed by atoms with Gasteiger partial charge in [-0.25, -0.2) is 8.78 Å². The molecule has 0 fully saturated rings. The Morgan fingerprint density at radius 1 is 1.25 bits per heavy atom. The minimum Gasteiger partial charge on any atom is -0.383 e. The third kappa shape index (κ3) is 4.53. The van der Waals surface area contributed by atoms with Gasteiger partial charge in [0.25, 0.3) is 0 Å². The van der Waals surface area contributed by atoms with E-state index in [1.165, 1.54) is 12.1 Å². The molecule has 2 nitrogen and oxygen atoms in total. The van der Waals surface area contributed by atoms with Crippen molar-refractivity contribution in [2.45, 2.75) is 46.2 Å². The summed E-state index contributed by atoms with van der Waals surface area (Å²) in [4.78, 5) is 0. The predicted octanol–water partition coefficient (Wildman–Crippen LogP) is 4.07. The van der Waals surface area contributed by atoms with Crippen LogP contribution in [-0.2, 0) is 4.74 Å². The van der Waals surface area contributed by atoms with E-state index < -0.39 is 11.6 Å². The zero-order valence-corrected chi connectivity index (χ0v) is 13.0. The number of ether oxygens (including phenoxy) is 1. The van der Waals surface area contributed by atoms with Crippen molar-refractivity contribution >= 4 is 0 Å². The Morgan fingerprint density at radius 2 is 1.90 bits per heavy atom. The Morgan fingerprint density at radius 3 is 2.35 bits per heavy atom. The number of nitrogens with one attached hydrogen (secondary N) is 1. The van der Waals surface area contributed by atoms with Gasteiger partial charge in [0.05, 0.1) is 6.61 Å². The van der Waals surface area contributed by atoms with E-state index >= 15 is 0 Å². The van der Waals surface area contributed by atoms with Gasteiger partial charge in [0.15, 0.2) is 0 Å². The van der Waals surface area contributed by atoms with Crippen LogP contribution in [0.4, 0.5) is 8.78 Å². The van der Waals surface area contributed by atoms with E-state index in [9.17, 15) is 8.78 Å². The molecule has 0 unspecified atom stereocenters. The van der Waals surface area contributed by atoms with Gasteiger partial charge in [0, 0.05) is 30.8 Å². The van der Waals surface area contributed by atoms with Crippen molar-refractivity contribution in [1.82, 2.24) is 5.32 Å². The summed E-state index contributed by atoms with van der Waals surface area (Å²) in [7, 11) is 1.65. The van der Waals surface area contributed by atoms with Gasteiger partial charge in [-0.15, -0.1) is 0 Å². The molecule has 1 rings (SSSR count). The maximum atomic E-state index is 14.1. The van der Waals surface area contributed by atoms with Gasteiger partial charge in [0.2, 0.25) is 0 Å². The molecule has 1 aromatic carbocycles. The van der Waals surface area contributed by atoms with Gasteiger partial charge >= 0.3 is 0 Å². The van der Waals surface area contributed by atoms with Crippen molar-refractivity contribution in [2.75, 3.05) is 13.7 Å². The number of benzene rings is 1. The molecule has 0 saturated carbocycles. The molecule has 2 atom stereocenters. The first-order valence-corrected chi connectivity index (χ1v) is 6.99. The Bertz CT molecular complexity index is 429. The molecular weight excluding hydrogens is 260 g/mol. The Labute approximate surface area is 120 Å². The molecule has 0 aliphatic carbocycles. The quantitative estimate of drug-likeness (QED) is 0.851. The summed E-state index contributed by atoms with van der Waals surface area (Å²) in [5.41, 5.74) is 0.299. The topological polar surface area (TPSA) is 21.3 Å². The average molecular weight is 285 g/mol. The third-order valence-electron chi connectivity index (χ3n) is 3.40. The molecule has 0 aliphatic rings. The van der Waals surface area contributed by atoms with Crippen LogP contribution in [-0.4, -0.2) is 19.8 Å². The van der Waals surface area contributed by atoms with Gasteiger partial charge < -0.3 is 10.1 Å². The monoisotopic (exact) mass is 285 g/mol. The molecule has 114 valence electrons. The highest BCUT2D eigenvalue weighted by Crippen LogP contribution is 2.34. The summed E-state index contributed by atoms with van der Waals surface area (Å²) < 4.78 is 32.3. The Balaban J connectivity index is 3.06. The van der Waals surface area contributed by atoms with E-state index in [1.54, 1.807) is 7.11 Å². The fraction of sp³-hybridized carbons (Fsp3) is 0.625. The van der Waals surface area contributed by atoms with Crippen molar-refractivity contribution in [3.05, 3.63) is 35.4 Å². The molecule has 0 radical (unpaired) electrons. The molecule has 4 heteroatoms. The second kappa shape index (κ2) is 7.14. The lowest BCUT2D eigenvalue weighted by Crippen LogP contribution is -2.41. The number of hydrogen-bond acceptors (Lipinski definition) is 2. The first-order valence-electron chi connectivity index (χ1n) is 6.99. The molecule has 0 saturated heterocycles. The number of methoxy groups -OCH3 is 1. The molecule has 0 amide bonds. The van der Waals surface area contributed by atoms with E-state index in [-0.39, 0.29) is 17.5 Å². The van der Waals surface area contributed by atoms with Gasteiger partial charge in [-0.3, -0.25) is 0 Å². The van der Waals surface area contributed by atoms with E-state index in [0.717, 1.165) is 12.5 Å². The van der Waals surface area contributed by atoms with Gasteiger partial charge in [-0.2, -0.15) is 0 Å². The SMILES string of the molecule is CC[C@H](COC)N[C@@H](c1ccc(F)cc1F)C(C)(C)C. The lowest BCUT2D eigenvalue weighted by molar-refractivity contribution is 0.140. The summed E-state index contributed by atoms with van der Waals surface area (Å²) in [5, 5.41) is 3.43. The van der Waals surface area contributed by atoms with Crippen molar-refractivity contribution in [3.8, 4) is 0 Å². The summed E-state index contributed by atoms with van der Waals surface area (Å²) in [6, 6.07) is 3.69.